The summed E-state index contributed by atoms with van der Waals surface area (Å²) in [6.45, 7) is 2.11. The minimum atomic E-state index is 0.975. The van der Waals surface area contributed by atoms with Gasteiger partial charge >= 0.3 is 0 Å². The summed E-state index contributed by atoms with van der Waals surface area (Å²) in [6, 6.07) is 4.21. The Morgan fingerprint density at radius 2 is 2.27 bits per heavy atom. The predicted octanol–water partition coefficient (Wildman–Crippen LogP) is 3.60. The van der Waals surface area contributed by atoms with Crippen molar-refractivity contribution in [1.29, 1.82) is 0 Å². The van der Waals surface area contributed by atoms with Gasteiger partial charge in [0.15, 0.2) is 0 Å². The summed E-state index contributed by atoms with van der Waals surface area (Å²) in [5.74, 6) is 1.07. The average molecular weight is 286 g/mol. The fourth-order valence-electron chi connectivity index (χ4n) is 1.73. The molecular weight excluding hydrogens is 274 g/mol. The molecule has 0 fully saturated rings. The Balaban J connectivity index is 2.60. The lowest BCUT2D eigenvalue weighted by Gasteiger charge is -2.20. The summed E-state index contributed by atoms with van der Waals surface area (Å²) in [4.78, 5) is 6.19. The van der Waals surface area contributed by atoms with Crippen LogP contribution in [0.2, 0.25) is 0 Å². The van der Waals surface area contributed by atoms with Crippen molar-refractivity contribution in [2.24, 2.45) is 5.16 Å². The number of nitrogens with zero attached hydrogens (tertiary/aromatic N) is 1. The van der Waals surface area contributed by atoms with Crippen molar-refractivity contribution in [1.82, 2.24) is 0 Å². The van der Waals surface area contributed by atoms with Crippen LogP contribution in [-0.4, -0.2) is 18.6 Å². The summed E-state index contributed by atoms with van der Waals surface area (Å²) in [5, 5.41) is 4.11. The van der Waals surface area contributed by atoms with E-state index in [1.54, 1.807) is 7.11 Å². The second kappa shape index (κ2) is 4.58. The lowest BCUT2D eigenvalue weighted by atomic mass is 10.0. The lowest BCUT2D eigenvalue weighted by molar-refractivity contribution is 0.213. The third kappa shape index (κ3) is 2.06. The molecule has 80 valence electrons. The van der Waals surface area contributed by atoms with Crippen LogP contribution in [0.25, 0.3) is 0 Å². The summed E-state index contributed by atoms with van der Waals surface area (Å²) in [6.07, 6.45) is 0.975. The maximum Gasteiger partial charge on any atom is 0.106 e. The zero-order valence-electron chi connectivity index (χ0n) is 8.71. The molecule has 1 aromatic rings. The van der Waals surface area contributed by atoms with Crippen molar-refractivity contribution < 1.29 is 4.84 Å². The van der Waals surface area contributed by atoms with E-state index in [1.807, 2.05) is 11.8 Å². The Labute approximate surface area is 102 Å². The summed E-state index contributed by atoms with van der Waals surface area (Å²) >= 11 is 5.45. The first kappa shape index (κ1) is 11.0. The fourth-order valence-corrected chi connectivity index (χ4v) is 3.53. The molecule has 1 aliphatic rings. The average Bonchev–Trinajstić information content (AvgIpc) is 2.24. The van der Waals surface area contributed by atoms with Crippen molar-refractivity contribution >= 4 is 33.4 Å². The van der Waals surface area contributed by atoms with E-state index in [0.717, 1.165) is 22.4 Å². The first-order valence-corrected chi connectivity index (χ1v) is 6.54. The highest BCUT2D eigenvalue weighted by atomic mass is 79.9. The third-order valence-electron chi connectivity index (χ3n) is 2.39. The molecule has 0 bridgehead atoms. The van der Waals surface area contributed by atoms with Gasteiger partial charge in [0, 0.05) is 27.1 Å². The van der Waals surface area contributed by atoms with Crippen LogP contribution in [0.5, 0.6) is 0 Å². The van der Waals surface area contributed by atoms with E-state index < -0.39 is 0 Å². The Hall–Kier alpha value is -0.480. The number of benzene rings is 1. The van der Waals surface area contributed by atoms with Gasteiger partial charge in [-0.1, -0.05) is 11.2 Å². The normalized spacial score (nSPS) is 17.7. The molecular formula is C11H12BrNOS. The van der Waals surface area contributed by atoms with Crippen molar-refractivity contribution in [2.75, 3.05) is 12.9 Å². The summed E-state index contributed by atoms with van der Waals surface area (Å²) in [7, 11) is 1.60. The zero-order valence-corrected chi connectivity index (χ0v) is 11.1. The number of aryl methyl sites for hydroxylation is 1. The van der Waals surface area contributed by atoms with Crippen LogP contribution in [0.3, 0.4) is 0 Å². The maximum absolute atomic E-state index is 4.90. The first-order chi connectivity index (χ1) is 7.24. The van der Waals surface area contributed by atoms with Gasteiger partial charge in [-0.3, -0.25) is 0 Å². The van der Waals surface area contributed by atoms with Crippen LogP contribution in [0, 0.1) is 6.92 Å². The van der Waals surface area contributed by atoms with Crippen LogP contribution >= 0.6 is 27.7 Å². The van der Waals surface area contributed by atoms with Gasteiger partial charge in [0.2, 0.25) is 0 Å². The lowest BCUT2D eigenvalue weighted by Crippen LogP contribution is -2.12. The van der Waals surface area contributed by atoms with Crippen LogP contribution < -0.4 is 0 Å². The van der Waals surface area contributed by atoms with Crippen molar-refractivity contribution in [3.63, 3.8) is 0 Å². The van der Waals surface area contributed by atoms with Gasteiger partial charge < -0.3 is 4.84 Å². The van der Waals surface area contributed by atoms with Gasteiger partial charge in [0.05, 0.1) is 5.71 Å². The molecule has 0 aliphatic carbocycles. The molecule has 0 atom stereocenters. The molecule has 0 N–H and O–H groups in total. The van der Waals surface area contributed by atoms with Crippen molar-refractivity contribution in [3.8, 4) is 0 Å². The Morgan fingerprint density at radius 3 is 3.00 bits per heavy atom. The highest BCUT2D eigenvalue weighted by molar-refractivity contribution is 9.10. The second-order valence-corrected chi connectivity index (χ2v) is 5.35. The number of hydrogen-bond donors (Lipinski definition) is 0. The van der Waals surface area contributed by atoms with Gasteiger partial charge in [0.25, 0.3) is 0 Å². The zero-order chi connectivity index (χ0) is 10.8. The minimum Gasteiger partial charge on any atom is -0.399 e. The molecule has 0 unspecified atom stereocenters. The SMILES string of the molecule is CON=C1CCSc2c(Br)ccc(C)c21. The number of hydrogen-bond acceptors (Lipinski definition) is 3. The van der Waals surface area contributed by atoms with E-state index in [9.17, 15) is 0 Å². The molecule has 4 heteroatoms. The molecule has 15 heavy (non-hydrogen) atoms. The highest BCUT2D eigenvalue weighted by Gasteiger charge is 2.20. The molecule has 0 spiro atoms. The number of thioether (sulfide) groups is 1. The Kier molecular flexibility index (Phi) is 3.36. The smallest absolute Gasteiger partial charge is 0.106 e. The van der Waals surface area contributed by atoms with E-state index in [1.165, 1.54) is 16.0 Å². The largest absolute Gasteiger partial charge is 0.399 e. The molecule has 2 nitrogen and oxygen atoms in total. The molecule has 0 saturated carbocycles. The number of halogens is 1. The standard InChI is InChI=1S/C11H12BrNOS/c1-7-3-4-8(12)11-10(7)9(13-14-2)5-6-15-11/h3-4H,5-6H2,1-2H3. The molecule has 2 rings (SSSR count). The van der Waals surface area contributed by atoms with Crippen molar-refractivity contribution in [2.45, 2.75) is 18.2 Å². The molecule has 1 heterocycles. The van der Waals surface area contributed by atoms with Crippen LogP contribution in [0.1, 0.15) is 17.5 Å². The van der Waals surface area contributed by atoms with Crippen LogP contribution in [-0.2, 0) is 4.84 Å². The number of fused-ring (bicyclic) bond motifs is 1. The molecule has 0 aromatic heterocycles. The van der Waals surface area contributed by atoms with E-state index in [0.29, 0.717) is 0 Å². The monoisotopic (exact) mass is 285 g/mol. The van der Waals surface area contributed by atoms with Gasteiger partial charge in [-0.25, -0.2) is 0 Å². The number of oxime groups is 1. The van der Waals surface area contributed by atoms with E-state index in [-0.39, 0.29) is 0 Å². The van der Waals surface area contributed by atoms with E-state index >= 15 is 0 Å². The van der Waals surface area contributed by atoms with Crippen molar-refractivity contribution in [3.05, 3.63) is 27.7 Å². The summed E-state index contributed by atoms with van der Waals surface area (Å²) in [5.41, 5.74) is 3.56. The van der Waals surface area contributed by atoms with Gasteiger partial charge in [-0.05, 0) is 34.5 Å². The Bertz CT molecular complexity index is 417. The summed E-state index contributed by atoms with van der Waals surface area (Å²) < 4.78 is 1.15. The third-order valence-corrected chi connectivity index (χ3v) is 4.44. The maximum atomic E-state index is 4.90. The van der Waals surface area contributed by atoms with E-state index in [2.05, 4.69) is 40.1 Å². The second-order valence-electron chi connectivity index (χ2n) is 3.39. The van der Waals surface area contributed by atoms with Gasteiger partial charge in [-0.15, -0.1) is 11.8 Å². The molecule has 0 saturated heterocycles. The number of rotatable bonds is 1. The first-order valence-electron chi connectivity index (χ1n) is 4.76. The topological polar surface area (TPSA) is 21.6 Å². The highest BCUT2D eigenvalue weighted by Crippen LogP contribution is 2.37. The quantitative estimate of drug-likeness (QED) is 0.736. The molecule has 0 radical (unpaired) electrons. The minimum absolute atomic E-state index is 0.975. The van der Waals surface area contributed by atoms with Crippen LogP contribution in [0.15, 0.2) is 26.7 Å². The molecule has 1 aromatic carbocycles. The fraction of sp³-hybridized carbons (Fsp3) is 0.364. The molecule has 0 amide bonds. The van der Waals surface area contributed by atoms with Gasteiger partial charge in [-0.2, -0.15) is 0 Å². The Morgan fingerprint density at radius 1 is 1.47 bits per heavy atom. The van der Waals surface area contributed by atoms with Crippen LogP contribution in [0.4, 0.5) is 0 Å². The van der Waals surface area contributed by atoms with E-state index in [4.69, 9.17) is 4.84 Å². The molecule has 1 aliphatic heterocycles. The predicted molar refractivity (Wildman–Crippen MR) is 67.8 cm³/mol. The van der Waals surface area contributed by atoms with Gasteiger partial charge in [0.1, 0.15) is 7.11 Å².